The molecular weight excluding hydrogens is 319 g/mol. The summed E-state index contributed by atoms with van der Waals surface area (Å²) in [5, 5.41) is 0. The van der Waals surface area contributed by atoms with Gasteiger partial charge >= 0.3 is 0 Å². The lowest BCUT2D eigenvalue weighted by Crippen LogP contribution is -2.32. The predicted octanol–water partition coefficient (Wildman–Crippen LogP) is 2.94. The average molecular weight is 342 g/mol. The fourth-order valence-corrected chi connectivity index (χ4v) is 3.19. The molecule has 0 aliphatic carbocycles. The van der Waals surface area contributed by atoms with Gasteiger partial charge in [0.1, 0.15) is 11.6 Å². The topological polar surface area (TPSA) is 55.6 Å². The van der Waals surface area contributed by atoms with E-state index in [0.717, 1.165) is 0 Å². The van der Waals surface area contributed by atoms with Crippen molar-refractivity contribution in [3.8, 4) is 5.75 Å². The number of nitrogens with zero attached hydrogens (tertiary/aromatic N) is 1. The summed E-state index contributed by atoms with van der Waals surface area (Å²) in [5.41, 5.74) is 7.42. The maximum atomic E-state index is 12.8. The van der Waals surface area contributed by atoms with Crippen LogP contribution in [-0.2, 0) is 4.79 Å². The van der Waals surface area contributed by atoms with Crippen LogP contribution in [-0.4, -0.2) is 36.5 Å². The molecule has 1 saturated heterocycles. The molecule has 1 heterocycles. The molecule has 132 valence electrons. The quantitative estimate of drug-likeness (QED) is 0.821. The zero-order chi connectivity index (χ0) is 17.6. The van der Waals surface area contributed by atoms with Gasteiger partial charge in [-0.15, -0.1) is 0 Å². The molecule has 0 aromatic heterocycles. The molecule has 2 atom stereocenters. The van der Waals surface area contributed by atoms with Crippen LogP contribution in [0.4, 0.5) is 4.39 Å². The summed E-state index contributed by atoms with van der Waals surface area (Å²) in [4.78, 5) is 14.2. The van der Waals surface area contributed by atoms with E-state index in [-0.39, 0.29) is 23.7 Å². The number of hydrogen-bond donors (Lipinski definition) is 1. The van der Waals surface area contributed by atoms with Crippen molar-refractivity contribution in [2.24, 2.45) is 5.73 Å². The largest absolute Gasteiger partial charge is 0.494 e. The fourth-order valence-electron chi connectivity index (χ4n) is 3.19. The van der Waals surface area contributed by atoms with Crippen LogP contribution >= 0.6 is 0 Å². The van der Waals surface area contributed by atoms with Gasteiger partial charge in [0, 0.05) is 31.5 Å². The minimum Gasteiger partial charge on any atom is -0.494 e. The Hall–Kier alpha value is -2.40. The fraction of sp³-hybridized carbons (Fsp3) is 0.350. The number of amides is 1. The molecule has 5 heteroatoms. The van der Waals surface area contributed by atoms with E-state index in [9.17, 15) is 9.18 Å². The van der Waals surface area contributed by atoms with E-state index < -0.39 is 0 Å². The first-order chi connectivity index (χ1) is 12.1. The predicted molar refractivity (Wildman–Crippen MR) is 94.9 cm³/mol. The lowest BCUT2D eigenvalue weighted by Gasteiger charge is -2.16. The Bertz CT molecular complexity index is 691. The van der Waals surface area contributed by atoms with Crippen LogP contribution in [0.5, 0.6) is 5.75 Å². The monoisotopic (exact) mass is 342 g/mol. The molecule has 1 fully saturated rings. The van der Waals surface area contributed by atoms with E-state index >= 15 is 0 Å². The number of nitrogens with two attached hydrogens (primary N) is 1. The molecule has 3 rings (SSSR count). The summed E-state index contributed by atoms with van der Waals surface area (Å²) < 4.78 is 18.3. The van der Waals surface area contributed by atoms with Gasteiger partial charge in [0.15, 0.2) is 0 Å². The van der Waals surface area contributed by atoms with Crippen molar-refractivity contribution in [1.82, 2.24) is 4.90 Å². The summed E-state index contributed by atoms with van der Waals surface area (Å²) in [6.07, 6.45) is 1.05. The molecule has 0 saturated carbocycles. The number of rotatable bonds is 6. The van der Waals surface area contributed by atoms with Gasteiger partial charge in [0.2, 0.25) is 5.91 Å². The highest BCUT2D eigenvalue weighted by atomic mass is 19.1. The van der Waals surface area contributed by atoms with Gasteiger partial charge in [-0.05, 0) is 36.2 Å². The van der Waals surface area contributed by atoms with Gasteiger partial charge in [0.25, 0.3) is 0 Å². The molecule has 1 aliphatic rings. The first kappa shape index (κ1) is 17.4. The van der Waals surface area contributed by atoms with Gasteiger partial charge in [-0.1, -0.05) is 30.3 Å². The first-order valence-corrected chi connectivity index (χ1v) is 8.60. The normalized spacial score (nSPS) is 19.8. The Kier molecular flexibility index (Phi) is 5.66. The van der Waals surface area contributed by atoms with Crippen molar-refractivity contribution in [1.29, 1.82) is 0 Å². The summed E-state index contributed by atoms with van der Waals surface area (Å²) >= 11 is 0. The van der Waals surface area contributed by atoms with E-state index in [4.69, 9.17) is 10.5 Å². The Labute approximate surface area is 147 Å². The average Bonchev–Trinajstić information content (AvgIpc) is 3.03. The van der Waals surface area contributed by atoms with E-state index in [1.165, 1.54) is 17.7 Å². The Morgan fingerprint density at radius 3 is 2.56 bits per heavy atom. The molecule has 2 N–H and O–H groups in total. The first-order valence-electron chi connectivity index (χ1n) is 8.60. The highest BCUT2D eigenvalue weighted by Gasteiger charge is 2.33. The molecule has 0 unspecified atom stereocenters. The van der Waals surface area contributed by atoms with Gasteiger partial charge in [-0.3, -0.25) is 4.79 Å². The lowest BCUT2D eigenvalue weighted by molar-refractivity contribution is -0.130. The standard InChI is InChI=1S/C20H23FN2O2/c21-16-8-10-17(11-9-16)25-12-4-7-20(24)23-13-18(19(22)14-23)15-5-2-1-3-6-15/h1-3,5-6,8-11,18-19H,4,7,12-14,22H2/t18-,19+/m0/s1. The number of hydrogen-bond acceptors (Lipinski definition) is 3. The molecule has 2 aromatic carbocycles. The molecular formula is C20H23FN2O2. The van der Waals surface area contributed by atoms with Crippen molar-refractivity contribution in [3.63, 3.8) is 0 Å². The van der Waals surface area contributed by atoms with Gasteiger partial charge in [0.05, 0.1) is 6.61 Å². The number of likely N-dealkylation sites (tertiary alicyclic amines) is 1. The molecule has 1 aliphatic heterocycles. The molecule has 0 bridgehead atoms. The smallest absolute Gasteiger partial charge is 0.222 e. The van der Waals surface area contributed by atoms with Crippen LogP contribution in [0.15, 0.2) is 54.6 Å². The highest BCUT2D eigenvalue weighted by molar-refractivity contribution is 5.76. The summed E-state index contributed by atoms with van der Waals surface area (Å²) in [7, 11) is 0. The summed E-state index contributed by atoms with van der Waals surface area (Å²) in [6, 6.07) is 16.0. The molecule has 25 heavy (non-hydrogen) atoms. The molecule has 2 aromatic rings. The molecule has 0 spiro atoms. The lowest BCUT2D eigenvalue weighted by atomic mass is 9.95. The van der Waals surface area contributed by atoms with Crippen molar-refractivity contribution in [3.05, 3.63) is 66.0 Å². The molecule has 1 amide bonds. The second-order valence-electron chi connectivity index (χ2n) is 6.39. The van der Waals surface area contributed by atoms with Crippen LogP contribution in [0.2, 0.25) is 0 Å². The van der Waals surface area contributed by atoms with Crippen molar-refractivity contribution >= 4 is 5.91 Å². The van der Waals surface area contributed by atoms with Gasteiger partial charge in [-0.25, -0.2) is 4.39 Å². The second-order valence-corrected chi connectivity index (χ2v) is 6.39. The zero-order valence-electron chi connectivity index (χ0n) is 14.1. The minimum absolute atomic E-state index is 0.0261. The highest BCUT2D eigenvalue weighted by Crippen LogP contribution is 2.26. The maximum absolute atomic E-state index is 12.8. The van der Waals surface area contributed by atoms with Gasteiger partial charge in [-0.2, -0.15) is 0 Å². The zero-order valence-corrected chi connectivity index (χ0v) is 14.1. The van der Waals surface area contributed by atoms with E-state index in [2.05, 4.69) is 12.1 Å². The van der Waals surface area contributed by atoms with Crippen molar-refractivity contribution < 1.29 is 13.9 Å². The maximum Gasteiger partial charge on any atom is 0.222 e. The third kappa shape index (κ3) is 4.57. The summed E-state index contributed by atoms with van der Waals surface area (Å²) in [5.74, 6) is 0.624. The Morgan fingerprint density at radius 1 is 1.12 bits per heavy atom. The van der Waals surface area contributed by atoms with Crippen LogP contribution < -0.4 is 10.5 Å². The number of benzene rings is 2. The van der Waals surface area contributed by atoms with Crippen LogP contribution in [0, 0.1) is 5.82 Å². The second kappa shape index (κ2) is 8.12. The van der Waals surface area contributed by atoms with E-state index in [1.54, 1.807) is 12.1 Å². The summed E-state index contributed by atoms with van der Waals surface area (Å²) in [6.45, 7) is 1.69. The van der Waals surface area contributed by atoms with Crippen LogP contribution in [0.3, 0.4) is 0 Å². The molecule has 0 radical (unpaired) electrons. The number of carbonyl (C=O) groups excluding carboxylic acids is 1. The SMILES string of the molecule is N[C@@H]1CN(C(=O)CCCOc2ccc(F)cc2)C[C@H]1c1ccccc1. The third-order valence-corrected chi connectivity index (χ3v) is 4.56. The molecule has 4 nitrogen and oxygen atoms in total. The Morgan fingerprint density at radius 2 is 1.84 bits per heavy atom. The van der Waals surface area contributed by atoms with Crippen molar-refractivity contribution in [2.45, 2.75) is 24.8 Å². The third-order valence-electron chi connectivity index (χ3n) is 4.56. The van der Waals surface area contributed by atoms with E-state index in [1.807, 2.05) is 23.1 Å². The van der Waals surface area contributed by atoms with Gasteiger partial charge < -0.3 is 15.4 Å². The number of ether oxygens (including phenoxy) is 1. The Balaban J connectivity index is 1.43. The van der Waals surface area contributed by atoms with Crippen LogP contribution in [0.1, 0.15) is 24.3 Å². The van der Waals surface area contributed by atoms with Crippen molar-refractivity contribution in [2.75, 3.05) is 19.7 Å². The number of carbonyl (C=O) groups is 1. The van der Waals surface area contributed by atoms with E-state index in [0.29, 0.717) is 38.3 Å². The van der Waals surface area contributed by atoms with Crippen LogP contribution in [0.25, 0.3) is 0 Å². The minimum atomic E-state index is -0.291. The number of halogens is 1.